The van der Waals surface area contributed by atoms with Crippen LogP contribution < -0.4 is 5.73 Å². The van der Waals surface area contributed by atoms with E-state index in [1.807, 2.05) is 23.6 Å². The van der Waals surface area contributed by atoms with Gasteiger partial charge in [-0.2, -0.15) is 5.10 Å². The normalized spacial score (nSPS) is 11.8. The number of aromatic nitrogens is 2. The van der Waals surface area contributed by atoms with Gasteiger partial charge in [-0.3, -0.25) is 14.4 Å². The summed E-state index contributed by atoms with van der Waals surface area (Å²) in [5, 5.41) is 22.1. The van der Waals surface area contributed by atoms with E-state index in [0.29, 0.717) is 12.0 Å². The van der Waals surface area contributed by atoms with Crippen LogP contribution in [0.15, 0.2) is 97.2 Å². The molecule has 274 valence electrons. The van der Waals surface area contributed by atoms with Gasteiger partial charge in [-0.1, -0.05) is 93.2 Å². The SMILES string of the molecule is CC/C=C\C/C=C\C/C=C\C/C=C\C/C=C\CCCC(=O)O.CCc1ccc2c(-c3ccc(C(N)=O)cc3)c(CCCCCC(=O)O)c(C)nn12. The Morgan fingerprint density at radius 1 is 0.706 bits per heavy atom. The van der Waals surface area contributed by atoms with E-state index in [-0.39, 0.29) is 12.8 Å². The highest BCUT2D eigenvalue weighted by Gasteiger charge is 2.17. The van der Waals surface area contributed by atoms with Crippen molar-refractivity contribution in [2.75, 3.05) is 0 Å². The molecule has 2 aromatic heterocycles. The second-order valence-electron chi connectivity index (χ2n) is 12.3. The Bertz CT molecular complexity index is 1660. The highest BCUT2D eigenvalue weighted by molar-refractivity contribution is 5.94. The molecular weight excluding hydrogens is 638 g/mol. The molecule has 1 amide bonds. The van der Waals surface area contributed by atoms with Crippen molar-refractivity contribution in [1.29, 1.82) is 0 Å². The molecule has 0 saturated heterocycles. The number of amides is 1. The van der Waals surface area contributed by atoms with Gasteiger partial charge in [0.05, 0.1) is 11.2 Å². The van der Waals surface area contributed by atoms with Crippen LogP contribution in [-0.4, -0.2) is 37.7 Å². The third-order valence-corrected chi connectivity index (χ3v) is 8.24. The zero-order chi connectivity index (χ0) is 37.3. The maximum atomic E-state index is 11.4. The number of carboxylic acid groups (broad SMARTS) is 2. The van der Waals surface area contributed by atoms with Crippen molar-refractivity contribution in [3.63, 3.8) is 0 Å². The number of aliphatic carboxylic acids is 2. The van der Waals surface area contributed by atoms with E-state index in [9.17, 15) is 14.4 Å². The largest absolute Gasteiger partial charge is 0.481 e. The number of unbranched alkanes of at least 4 members (excludes halogenated alkanes) is 3. The first-order chi connectivity index (χ1) is 24.7. The number of carbonyl (C=O) groups is 3. The molecule has 0 spiro atoms. The second kappa shape index (κ2) is 25.0. The summed E-state index contributed by atoms with van der Waals surface area (Å²) in [6.45, 7) is 6.27. The maximum absolute atomic E-state index is 11.4. The summed E-state index contributed by atoms with van der Waals surface area (Å²) in [7, 11) is 0. The average molecular weight is 696 g/mol. The Hall–Kier alpha value is -4.98. The minimum Gasteiger partial charge on any atom is -0.481 e. The molecular formula is C43H57N3O5. The van der Waals surface area contributed by atoms with Gasteiger partial charge in [0, 0.05) is 29.7 Å². The molecule has 0 saturated carbocycles. The van der Waals surface area contributed by atoms with Crippen molar-refractivity contribution >= 4 is 23.4 Å². The number of aryl methyl sites for hydroxylation is 2. The number of primary amides is 1. The molecule has 1 aromatic carbocycles. The van der Waals surface area contributed by atoms with Crippen LogP contribution in [0, 0.1) is 6.92 Å². The number of benzene rings is 1. The molecule has 0 bridgehead atoms. The summed E-state index contributed by atoms with van der Waals surface area (Å²) in [4.78, 5) is 32.5. The van der Waals surface area contributed by atoms with Gasteiger partial charge in [-0.05, 0) is 113 Å². The Kier molecular flexibility index (Phi) is 20.7. The van der Waals surface area contributed by atoms with Gasteiger partial charge in [0.25, 0.3) is 0 Å². The van der Waals surface area contributed by atoms with Crippen LogP contribution in [0.25, 0.3) is 16.6 Å². The van der Waals surface area contributed by atoms with Crippen molar-refractivity contribution in [3.8, 4) is 11.1 Å². The van der Waals surface area contributed by atoms with Crippen LogP contribution in [0.3, 0.4) is 0 Å². The number of hydrogen-bond acceptors (Lipinski definition) is 4. The van der Waals surface area contributed by atoms with Crippen molar-refractivity contribution in [3.05, 3.63) is 120 Å². The van der Waals surface area contributed by atoms with E-state index in [4.69, 9.17) is 21.0 Å². The molecule has 0 aliphatic heterocycles. The minimum absolute atomic E-state index is 0.205. The topological polar surface area (TPSA) is 135 Å². The zero-order valence-corrected chi connectivity index (χ0v) is 30.7. The van der Waals surface area contributed by atoms with Crippen LogP contribution in [0.5, 0.6) is 0 Å². The van der Waals surface area contributed by atoms with Gasteiger partial charge in [-0.15, -0.1) is 0 Å². The first-order valence-electron chi connectivity index (χ1n) is 18.3. The molecule has 8 heteroatoms. The van der Waals surface area contributed by atoms with Crippen LogP contribution in [0.4, 0.5) is 0 Å². The molecule has 0 aliphatic rings. The molecule has 2 heterocycles. The van der Waals surface area contributed by atoms with Crippen molar-refractivity contribution in [2.45, 2.75) is 111 Å². The van der Waals surface area contributed by atoms with E-state index >= 15 is 0 Å². The Morgan fingerprint density at radius 3 is 1.78 bits per heavy atom. The van der Waals surface area contributed by atoms with Crippen LogP contribution in [0.2, 0.25) is 0 Å². The lowest BCUT2D eigenvalue weighted by molar-refractivity contribution is -0.138. The zero-order valence-electron chi connectivity index (χ0n) is 30.7. The molecule has 0 aliphatic carbocycles. The molecule has 51 heavy (non-hydrogen) atoms. The van der Waals surface area contributed by atoms with Crippen molar-refractivity contribution < 1.29 is 24.6 Å². The van der Waals surface area contributed by atoms with Crippen molar-refractivity contribution in [1.82, 2.24) is 9.61 Å². The van der Waals surface area contributed by atoms with E-state index in [0.717, 1.165) is 98.7 Å². The van der Waals surface area contributed by atoms with Gasteiger partial charge in [0.15, 0.2) is 0 Å². The quantitative estimate of drug-likeness (QED) is 0.0707. The van der Waals surface area contributed by atoms with E-state index in [2.05, 4.69) is 86.7 Å². The number of fused-ring (bicyclic) bond motifs is 1. The lowest BCUT2D eigenvalue weighted by Gasteiger charge is -2.16. The standard InChI is InChI=1S/C23H27N3O3.C20H30O2/c1-3-18-13-14-20-22(16-9-11-17(12-10-16)23(24)29)19(15(2)25-26(18)20)7-5-4-6-8-21(27)28;1-2-3-4-5-6-7-8-9-10-11-12-13-14-15-16-17-18-19-20(21)22/h9-14H,3-8H2,1-2H3,(H2,24,29)(H,27,28);3-4,6-7,9-10,12-13,15-16H,2,5,8,11,14,17-19H2,1H3,(H,21,22)/b;4-3-,7-6-,10-9-,13-12-,16-15-. The van der Waals surface area contributed by atoms with Gasteiger partial charge >= 0.3 is 11.9 Å². The third kappa shape index (κ3) is 16.5. The number of hydrogen-bond donors (Lipinski definition) is 3. The number of carbonyl (C=O) groups excluding carboxylic acids is 1. The monoisotopic (exact) mass is 695 g/mol. The predicted octanol–water partition coefficient (Wildman–Crippen LogP) is 10.2. The first kappa shape index (κ1) is 42.2. The highest BCUT2D eigenvalue weighted by Crippen LogP contribution is 2.33. The van der Waals surface area contributed by atoms with Crippen LogP contribution in [-0.2, 0) is 22.4 Å². The summed E-state index contributed by atoms with van der Waals surface area (Å²) >= 11 is 0. The molecule has 3 rings (SSSR count). The minimum atomic E-state index is -0.750. The second-order valence-corrected chi connectivity index (χ2v) is 12.3. The Labute approximate surface area is 304 Å². The van der Waals surface area contributed by atoms with Crippen LogP contribution >= 0.6 is 0 Å². The van der Waals surface area contributed by atoms with Crippen LogP contribution in [0.1, 0.15) is 118 Å². The number of nitrogens with two attached hydrogens (primary N) is 1. The fraction of sp³-hybridized carbons (Fsp3) is 0.395. The Balaban J connectivity index is 0.000000370. The Morgan fingerprint density at radius 2 is 1.25 bits per heavy atom. The summed E-state index contributed by atoms with van der Waals surface area (Å²) < 4.78 is 2.00. The average Bonchev–Trinajstić information content (AvgIpc) is 3.51. The maximum Gasteiger partial charge on any atom is 0.303 e. The summed E-state index contributed by atoms with van der Waals surface area (Å²) in [6.07, 6.45) is 32.8. The third-order valence-electron chi connectivity index (χ3n) is 8.24. The first-order valence-corrected chi connectivity index (χ1v) is 18.3. The van der Waals surface area contributed by atoms with Gasteiger partial charge in [0.2, 0.25) is 5.91 Å². The highest BCUT2D eigenvalue weighted by atomic mass is 16.4. The van der Waals surface area contributed by atoms with E-state index < -0.39 is 17.8 Å². The summed E-state index contributed by atoms with van der Waals surface area (Å²) in [6, 6.07) is 11.6. The van der Waals surface area contributed by atoms with E-state index in [1.54, 1.807) is 12.1 Å². The van der Waals surface area contributed by atoms with Gasteiger partial charge in [0.1, 0.15) is 0 Å². The fourth-order valence-electron chi connectivity index (χ4n) is 5.52. The fourth-order valence-corrected chi connectivity index (χ4v) is 5.52. The van der Waals surface area contributed by atoms with Crippen molar-refractivity contribution in [2.24, 2.45) is 5.73 Å². The molecule has 3 aromatic rings. The number of nitrogens with zero attached hydrogens (tertiary/aromatic N) is 2. The molecule has 0 unspecified atom stereocenters. The van der Waals surface area contributed by atoms with Gasteiger partial charge in [-0.25, -0.2) is 4.52 Å². The summed E-state index contributed by atoms with van der Waals surface area (Å²) in [5.74, 6) is -1.91. The van der Waals surface area contributed by atoms with E-state index in [1.165, 1.54) is 5.56 Å². The molecule has 0 fully saturated rings. The molecule has 0 atom stereocenters. The smallest absolute Gasteiger partial charge is 0.303 e. The predicted molar refractivity (Wildman–Crippen MR) is 209 cm³/mol. The molecule has 8 nitrogen and oxygen atoms in total. The molecule has 0 radical (unpaired) electrons. The van der Waals surface area contributed by atoms with Gasteiger partial charge < -0.3 is 15.9 Å². The number of allylic oxidation sites excluding steroid dienone is 10. The summed E-state index contributed by atoms with van der Waals surface area (Å²) in [5.41, 5.74) is 12.3. The number of carboxylic acids is 2. The lowest BCUT2D eigenvalue weighted by atomic mass is 9.94. The molecule has 4 N–H and O–H groups in total. The lowest BCUT2D eigenvalue weighted by Crippen LogP contribution is -2.10. The number of rotatable bonds is 22.